The smallest absolute Gasteiger partial charge is 0.259 e. The van der Waals surface area contributed by atoms with Crippen LogP contribution in [0.2, 0.25) is 0 Å². The van der Waals surface area contributed by atoms with Gasteiger partial charge < -0.3 is 4.90 Å². The number of fused-ring (bicyclic) bond motifs is 2. The molecule has 2 aromatic rings. The fourth-order valence-corrected chi connectivity index (χ4v) is 4.13. The van der Waals surface area contributed by atoms with Gasteiger partial charge in [-0.05, 0) is 37.3 Å². The van der Waals surface area contributed by atoms with Crippen molar-refractivity contribution < 1.29 is 13.2 Å². The SMILES string of the molecule is CCN1C(=O)c2ccccc2Sc2cc(S(N)(=O)=O)ccc21. The maximum atomic E-state index is 12.7. The third-order valence-electron chi connectivity index (χ3n) is 3.45. The first-order valence-corrected chi connectivity index (χ1v) is 9.03. The molecule has 0 saturated carbocycles. The minimum Gasteiger partial charge on any atom is -0.307 e. The summed E-state index contributed by atoms with van der Waals surface area (Å²) in [5.74, 6) is -0.0901. The first-order chi connectivity index (χ1) is 10.4. The molecule has 0 bridgehead atoms. The van der Waals surface area contributed by atoms with Crippen molar-refractivity contribution in [3.8, 4) is 0 Å². The number of rotatable bonds is 2. The molecule has 2 N–H and O–H groups in total. The van der Waals surface area contributed by atoms with Crippen LogP contribution in [-0.4, -0.2) is 20.9 Å². The van der Waals surface area contributed by atoms with Crippen molar-refractivity contribution >= 4 is 33.4 Å². The molecule has 2 aromatic carbocycles. The summed E-state index contributed by atoms with van der Waals surface area (Å²) in [7, 11) is -3.78. The van der Waals surface area contributed by atoms with Gasteiger partial charge in [0.1, 0.15) is 0 Å². The third-order valence-corrected chi connectivity index (χ3v) is 5.48. The van der Waals surface area contributed by atoms with E-state index in [0.29, 0.717) is 22.7 Å². The lowest BCUT2D eigenvalue weighted by atomic mass is 10.2. The Morgan fingerprint density at radius 2 is 1.86 bits per heavy atom. The maximum Gasteiger partial charge on any atom is 0.259 e. The van der Waals surface area contributed by atoms with Crippen molar-refractivity contribution in [2.45, 2.75) is 21.6 Å². The van der Waals surface area contributed by atoms with Crippen molar-refractivity contribution in [1.29, 1.82) is 0 Å². The molecule has 1 amide bonds. The molecule has 0 aliphatic carbocycles. The molecule has 114 valence electrons. The number of benzene rings is 2. The van der Waals surface area contributed by atoms with Crippen LogP contribution in [0.4, 0.5) is 5.69 Å². The van der Waals surface area contributed by atoms with Gasteiger partial charge in [0.25, 0.3) is 5.91 Å². The molecule has 0 unspecified atom stereocenters. The van der Waals surface area contributed by atoms with E-state index in [4.69, 9.17) is 5.14 Å². The summed E-state index contributed by atoms with van der Waals surface area (Å²) in [4.78, 5) is 15.9. The van der Waals surface area contributed by atoms with Gasteiger partial charge in [-0.3, -0.25) is 4.79 Å². The lowest BCUT2D eigenvalue weighted by Gasteiger charge is -2.21. The molecule has 0 saturated heterocycles. The van der Waals surface area contributed by atoms with E-state index in [2.05, 4.69) is 0 Å². The van der Waals surface area contributed by atoms with E-state index in [9.17, 15) is 13.2 Å². The predicted octanol–water partition coefficient (Wildman–Crippen LogP) is 2.47. The van der Waals surface area contributed by atoms with Crippen LogP contribution in [0.25, 0.3) is 0 Å². The normalized spacial score (nSPS) is 14.3. The predicted molar refractivity (Wildman–Crippen MR) is 85.7 cm³/mol. The molecule has 0 aromatic heterocycles. The summed E-state index contributed by atoms with van der Waals surface area (Å²) < 4.78 is 23.1. The summed E-state index contributed by atoms with van der Waals surface area (Å²) >= 11 is 1.37. The molecule has 0 fully saturated rings. The molecule has 0 atom stereocenters. The van der Waals surface area contributed by atoms with Gasteiger partial charge in [-0.2, -0.15) is 0 Å². The van der Waals surface area contributed by atoms with Crippen LogP contribution in [0.5, 0.6) is 0 Å². The summed E-state index contributed by atoms with van der Waals surface area (Å²) in [6.07, 6.45) is 0. The average Bonchev–Trinajstić information content (AvgIpc) is 2.59. The van der Waals surface area contributed by atoms with E-state index >= 15 is 0 Å². The summed E-state index contributed by atoms with van der Waals surface area (Å²) in [5, 5.41) is 5.20. The van der Waals surface area contributed by atoms with Crippen molar-refractivity contribution in [3.63, 3.8) is 0 Å². The zero-order valence-corrected chi connectivity index (χ0v) is 13.4. The molecule has 0 spiro atoms. The van der Waals surface area contributed by atoms with Crippen LogP contribution in [0.3, 0.4) is 0 Å². The number of hydrogen-bond donors (Lipinski definition) is 1. The molecular formula is C15H14N2O3S2. The van der Waals surface area contributed by atoms with Crippen molar-refractivity contribution in [3.05, 3.63) is 48.0 Å². The second-order valence-corrected chi connectivity index (χ2v) is 7.47. The van der Waals surface area contributed by atoms with Crippen LogP contribution in [-0.2, 0) is 10.0 Å². The molecule has 22 heavy (non-hydrogen) atoms. The van der Waals surface area contributed by atoms with E-state index in [-0.39, 0.29) is 10.8 Å². The molecule has 1 aliphatic rings. The Morgan fingerprint density at radius 3 is 2.55 bits per heavy atom. The fraction of sp³-hybridized carbons (Fsp3) is 0.133. The van der Waals surface area contributed by atoms with Crippen molar-refractivity contribution in [2.75, 3.05) is 11.4 Å². The van der Waals surface area contributed by atoms with Gasteiger partial charge in [-0.25, -0.2) is 13.6 Å². The van der Waals surface area contributed by atoms with Gasteiger partial charge in [-0.1, -0.05) is 23.9 Å². The van der Waals surface area contributed by atoms with Crippen LogP contribution >= 0.6 is 11.8 Å². The number of carbonyl (C=O) groups excluding carboxylic acids is 1. The maximum absolute atomic E-state index is 12.7. The highest BCUT2D eigenvalue weighted by Gasteiger charge is 2.27. The van der Waals surface area contributed by atoms with Crippen LogP contribution in [0.15, 0.2) is 57.2 Å². The highest BCUT2D eigenvalue weighted by molar-refractivity contribution is 7.99. The van der Waals surface area contributed by atoms with Crippen molar-refractivity contribution in [1.82, 2.24) is 0 Å². The molecule has 1 heterocycles. The van der Waals surface area contributed by atoms with Crippen LogP contribution in [0.1, 0.15) is 17.3 Å². The zero-order chi connectivity index (χ0) is 15.9. The summed E-state index contributed by atoms with van der Waals surface area (Å²) in [5.41, 5.74) is 1.31. The third kappa shape index (κ3) is 2.51. The standard InChI is InChI=1S/C15H14N2O3S2/c1-2-17-12-8-7-10(22(16,19)20)9-14(12)21-13-6-4-3-5-11(13)15(17)18/h3-9H,2H2,1H3,(H2,16,19,20). The Morgan fingerprint density at radius 1 is 1.14 bits per heavy atom. The first kappa shape index (κ1) is 15.1. The molecule has 7 heteroatoms. The molecular weight excluding hydrogens is 320 g/mol. The summed E-state index contributed by atoms with van der Waals surface area (Å²) in [6, 6.07) is 11.9. The number of hydrogen-bond acceptors (Lipinski definition) is 4. The van der Waals surface area contributed by atoms with E-state index in [0.717, 1.165) is 4.90 Å². The average molecular weight is 334 g/mol. The second kappa shape index (κ2) is 5.42. The zero-order valence-electron chi connectivity index (χ0n) is 11.8. The molecule has 0 radical (unpaired) electrons. The number of anilines is 1. The van der Waals surface area contributed by atoms with Crippen LogP contribution < -0.4 is 10.0 Å². The Balaban J connectivity index is 2.24. The van der Waals surface area contributed by atoms with Gasteiger partial charge in [-0.15, -0.1) is 0 Å². The highest BCUT2D eigenvalue weighted by atomic mass is 32.2. The van der Waals surface area contributed by atoms with Gasteiger partial charge >= 0.3 is 0 Å². The largest absolute Gasteiger partial charge is 0.307 e. The lowest BCUT2D eigenvalue weighted by Crippen LogP contribution is -2.30. The highest BCUT2D eigenvalue weighted by Crippen LogP contribution is 2.42. The number of nitrogens with two attached hydrogens (primary N) is 1. The minimum absolute atomic E-state index is 0.0432. The van der Waals surface area contributed by atoms with Gasteiger partial charge in [0.2, 0.25) is 10.0 Å². The van der Waals surface area contributed by atoms with E-state index in [1.54, 1.807) is 17.0 Å². The number of primary sulfonamides is 1. The number of nitrogens with zero attached hydrogens (tertiary/aromatic N) is 1. The Hall–Kier alpha value is -1.83. The van der Waals surface area contributed by atoms with E-state index in [1.165, 1.54) is 23.9 Å². The number of sulfonamides is 1. The van der Waals surface area contributed by atoms with Gasteiger partial charge in [0.05, 0.1) is 16.1 Å². The van der Waals surface area contributed by atoms with E-state index in [1.807, 2.05) is 25.1 Å². The molecule has 1 aliphatic heterocycles. The monoisotopic (exact) mass is 334 g/mol. The lowest BCUT2D eigenvalue weighted by molar-refractivity contribution is 0.0985. The van der Waals surface area contributed by atoms with E-state index < -0.39 is 10.0 Å². The Labute approximate surface area is 133 Å². The Bertz CT molecular complexity index is 863. The fourth-order valence-electron chi connectivity index (χ4n) is 2.40. The minimum atomic E-state index is -3.78. The Kier molecular flexibility index (Phi) is 3.72. The first-order valence-electron chi connectivity index (χ1n) is 6.67. The summed E-state index contributed by atoms with van der Waals surface area (Å²) in [6.45, 7) is 2.38. The molecule has 3 rings (SSSR count). The number of amides is 1. The van der Waals surface area contributed by atoms with Crippen molar-refractivity contribution in [2.24, 2.45) is 5.14 Å². The topological polar surface area (TPSA) is 80.5 Å². The number of carbonyl (C=O) groups is 1. The quantitative estimate of drug-likeness (QED) is 0.915. The van der Waals surface area contributed by atoms with Crippen LogP contribution in [0, 0.1) is 0 Å². The van der Waals surface area contributed by atoms with Gasteiger partial charge in [0, 0.05) is 16.3 Å². The molecule has 5 nitrogen and oxygen atoms in total. The van der Waals surface area contributed by atoms with Gasteiger partial charge in [0.15, 0.2) is 0 Å². The second-order valence-electron chi connectivity index (χ2n) is 4.82.